The van der Waals surface area contributed by atoms with Gasteiger partial charge in [0.1, 0.15) is 0 Å². The number of isocyanates is 1. The number of rotatable bonds is 3. The van der Waals surface area contributed by atoms with Gasteiger partial charge in [-0.15, -0.1) is 11.3 Å². The van der Waals surface area contributed by atoms with Crippen LogP contribution in [0.4, 0.5) is 0 Å². The monoisotopic (exact) mass is 167 g/mol. The lowest BCUT2D eigenvalue weighted by molar-refractivity contribution is 0.558. The second kappa shape index (κ2) is 4.06. The first-order valence-electron chi connectivity index (χ1n) is 3.42. The summed E-state index contributed by atoms with van der Waals surface area (Å²) in [6, 6.07) is 4.10. The summed E-state index contributed by atoms with van der Waals surface area (Å²) in [5.41, 5.74) is 0. The lowest BCUT2D eigenvalue weighted by Gasteiger charge is -1.98. The summed E-state index contributed by atoms with van der Waals surface area (Å²) >= 11 is 1.69. The number of carbonyl (C=O) groups excluding carboxylic acids is 1. The third kappa shape index (κ3) is 2.66. The summed E-state index contributed by atoms with van der Waals surface area (Å²) in [6.45, 7) is 1.91. The van der Waals surface area contributed by atoms with Crippen LogP contribution in [0.3, 0.4) is 0 Å². The topological polar surface area (TPSA) is 29.4 Å². The van der Waals surface area contributed by atoms with E-state index >= 15 is 0 Å². The van der Waals surface area contributed by atoms with Crippen LogP contribution in [-0.4, -0.2) is 12.1 Å². The molecule has 1 aromatic rings. The van der Waals surface area contributed by atoms with Gasteiger partial charge in [0.25, 0.3) is 0 Å². The fraction of sp³-hybridized carbons (Fsp3) is 0.375. The van der Waals surface area contributed by atoms with Gasteiger partial charge in [0, 0.05) is 11.3 Å². The first-order valence-corrected chi connectivity index (χ1v) is 4.30. The quantitative estimate of drug-likeness (QED) is 0.500. The Morgan fingerprint density at radius 2 is 2.64 bits per heavy atom. The van der Waals surface area contributed by atoms with E-state index in [1.54, 1.807) is 17.4 Å². The van der Waals surface area contributed by atoms with Gasteiger partial charge in [-0.1, -0.05) is 6.07 Å². The Morgan fingerprint density at radius 1 is 1.82 bits per heavy atom. The fourth-order valence-corrected chi connectivity index (χ4v) is 1.68. The Labute approximate surface area is 69.6 Å². The number of hydrogen-bond acceptors (Lipinski definition) is 3. The zero-order chi connectivity index (χ0) is 8.10. The minimum Gasteiger partial charge on any atom is -0.211 e. The van der Waals surface area contributed by atoms with E-state index in [-0.39, 0.29) is 6.04 Å². The largest absolute Gasteiger partial charge is 0.235 e. The Bertz CT molecular complexity index is 249. The van der Waals surface area contributed by atoms with E-state index < -0.39 is 0 Å². The molecule has 0 spiro atoms. The van der Waals surface area contributed by atoms with E-state index in [2.05, 4.69) is 4.99 Å². The van der Waals surface area contributed by atoms with Crippen molar-refractivity contribution in [2.45, 2.75) is 19.4 Å². The molecule has 1 atom stereocenters. The standard InChI is InChI=1S/C8H9NOS/c1-7(9-6-10)5-8-3-2-4-11-8/h2-4,7H,5H2,1H3/t7-/m0/s1. The van der Waals surface area contributed by atoms with Crippen LogP contribution in [0.15, 0.2) is 22.5 Å². The highest BCUT2D eigenvalue weighted by Gasteiger charge is 2.00. The normalized spacial score (nSPS) is 12.1. The molecular weight excluding hydrogens is 158 g/mol. The van der Waals surface area contributed by atoms with Crippen LogP contribution in [0.2, 0.25) is 0 Å². The minimum absolute atomic E-state index is 0.0612. The maximum atomic E-state index is 9.86. The summed E-state index contributed by atoms with van der Waals surface area (Å²) in [5, 5.41) is 2.02. The smallest absolute Gasteiger partial charge is 0.211 e. The van der Waals surface area contributed by atoms with Gasteiger partial charge in [-0.05, 0) is 18.4 Å². The number of thiophene rings is 1. The Kier molecular flexibility index (Phi) is 3.02. The van der Waals surface area contributed by atoms with Crippen LogP contribution in [0.5, 0.6) is 0 Å². The molecular formula is C8H9NOS. The third-order valence-corrected chi connectivity index (χ3v) is 2.25. The molecule has 11 heavy (non-hydrogen) atoms. The summed E-state index contributed by atoms with van der Waals surface area (Å²) < 4.78 is 0. The predicted octanol–water partition coefficient (Wildman–Crippen LogP) is 2.01. The maximum Gasteiger partial charge on any atom is 0.235 e. The number of nitrogens with zero attached hydrogens (tertiary/aromatic N) is 1. The van der Waals surface area contributed by atoms with Crippen molar-refractivity contribution < 1.29 is 4.79 Å². The first kappa shape index (κ1) is 8.18. The second-order valence-corrected chi connectivity index (χ2v) is 3.39. The maximum absolute atomic E-state index is 9.86. The van der Waals surface area contributed by atoms with Crippen molar-refractivity contribution in [3.05, 3.63) is 22.4 Å². The molecule has 0 unspecified atom stereocenters. The van der Waals surface area contributed by atoms with Crippen molar-refractivity contribution >= 4 is 17.4 Å². The highest BCUT2D eigenvalue weighted by atomic mass is 32.1. The van der Waals surface area contributed by atoms with Gasteiger partial charge in [0.05, 0.1) is 6.04 Å². The molecule has 0 aliphatic carbocycles. The van der Waals surface area contributed by atoms with Crippen molar-refractivity contribution in [1.82, 2.24) is 0 Å². The van der Waals surface area contributed by atoms with E-state index in [0.29, 0.717) is 0 Å². The van der Waals surface area contributed by atoms with Crippen LogP contribution < -0.4 is 0 Å². The van der Waals surface area contributed by atoms with Crippen molar-refractivity contribution in [3.8, 4) is 0 Å². The minimum atomic E-state index is 0.0612. The third-order valence-electron chi connectivity index (χ3n) is 1.35. The van der Waals surface area contributed by atoms with Crippen molar-refractivity contribution in [2.24, 2.45) is 4.99 Å². The van der Waals surface area contributed by atoms with E-state index in [9.17, 15) is 4.79 Å². The number of aliphatic imine (C=N–C) groups is 1. The second-order valence-electron chi connectivity index (χ2n) is 2.35. The molecule has 1 heterocycles. The molecule has 0 amide bonds. The predicted molar refractivity (Wildman–Crippen MR) is 45.6 cm³/mol. The first-order chi connectivity index (χ1) is 5.33. The molecule has 1 rings (SSSR count). The fourth-order valence-electron chi connectivity index (χ4n) is 0.855. The van der Waals surface area contributed by atoms with Gasteiger partial charge in [-0.3, -0.25) is 0 Å². The van der Waals surface area contributed by atoms with Gasteiger partial charge in [-0.25, -0.2) is 9.79 Å². The molecule has 58 valence electrons. The highest BCUT2D eigenvalue weighted by molar-refractivity contribution is 7.09. The van der Waals surface area contributed by atoms with Crippen molar-refractivity contribution in [3.63, 3.8) is 0 Å². The van der Waals surface area contributed by atoms with Crippen molar-refractivity contribution in [1.29, 1.82) is 0 Å². The van der Waals surface area contributed by atoms with E-state index in [4.69, 9.17) is 0 Å². The van der Waals surface area contributed by atoms with Crippen LogP contribution >= 0.6 is 11.3 Å². The molecule has 0 aliphatic rings. The molecule has 3 heteroatoms. The summed E-state index contributed by atoms with van der Waals surface area (Å²) in [4.78, 5) is 14.7. The Balaban J connectivity index is 2.49. The molecule has 0 saturated carbocycles. The Morgan fingerprint density at radius 3 is 3.18 bits per heavy atom. The van der Waals surface area contributed by atoms with Crippen molar-refractivity contribution in [2.75, 3.05) is 0 Å². The molecule has 0 fully saturated rings. The molecule has 0 N–H and O–H groups in total. The zero-order valence-corrected chi connectivity index (χ0v) is 7.10. The van der Waals surface area contributed by atoms with Gasteiger partial charge >= 0.3 is 0 Å². The molecule has 0 aliphatic heterocycles. The zero-order valence-electron chi connectivity index (χ0n) is 6.28. The van der Waals surface area contributed by atoms with E-state index in [0.717, 1.165) is 6.42 Å². The summed E-state index contributed by atoms with van der Waals surface area (Å²) in [7, 11) is 0. The lowest BCUT2D eigenvalue weighted by Crippen LogP contribution is -2.00. The molecule has 1 aromatic heterocycles. The average Bonchev–Trinajstić information content (AvgIpc) is 2.40. The average molecular weight is 167 g/mol. The highest BCUT2D eigenvalue weighted by Crippen LogP contribution is 2.11. The number of hydrogen-bond donors (Lipinski definition) is 0. The SMILES string of the molecule is C[C@@H](Cc1cccs1)N=C=O. The van der Waals surface area contributed by atoms with E-state index in [1.807, 2.05) is 24.4 Å². The summed E-state index contributed by atoms with van der Waals surface area (Å²) in [6.07, 6.45) is 2.40. The van der Waals surface area contributed by atoms with E-state index in [1.165, 1.54) is 4.88 Å². The van der Waals surface area contributed by atoms with Crippen LogP contribution in [-0.2, 0) is 11.2 Å². The lowest BCUT2D eigenvalue weighted by atomic mass is 10.2. The van der Waals surface area contributed by atoms with Crippen LogP contribution in [0.25, 0.3) is 0 Å². The molecule has 2 nitrogen and oxygen atoms in total. The van der Waals surface area contributed by atoms with Gasteiger partial charge < -0.3 is 0 Å². The van der Waals surface area contributed by atoms with Gasteiger partial charge in [0.2, 0.25) is 6.08 Å². The Hall–Kier alpha value is -0.920. The summed E-state index contributed by atoms with van der Waals surface area (Å²) in [5.74, 6) is 0. The van der Waals surface area contributed by atoms with Gasteiger partial charge in [0.15, 0.2) is 0 Å². The molecule has 0 saturated heterocycles. The molecule has 0 radical (unpaired) electrons. The van der Waals surface area contributed by atoms with Crippen LogP contribution in [0.1, 0.15) is 11.8 Å². The molecule has 0 aromatic carbocycles. The van der Waals surface area contributed by atoms with Gasteiger partial charge in [-0.2, -0.15) is 0 Å². The van der Waals surface area contributed by atoms with Crippen LogP contribution in [0, 0.1) is 0 Å². The molecule has 0 bridgehead atoms.